The van der Waals surface area contributed by atoms with Crippen molar-refractivity contribution in [1.29, 1.82) is 0 Å². The summed E-state index contributed by atoms with van der Waals surface area (Å²) >= 11 is 0. The van der Waals surface area contributed by atoms with Gasteiger partial charge < -0.3 is 10.8 Å². The standard InChI is InChI=1S/C10H14N2O4.ClH/c11-7(10(15)16)3-1-2-6-12-8(13)4-5-9(12)14;/h4-5,7H,1-3,6,11H2,(H,15,16);1H. The van der Waals surface area contributed by atoms with Gasteiger partial charge in [0.05, 0.1) is 0 Å². The summed E-state index contributed by atoms with van der Waals surface area (Å²) in [6, 6.07) is -0.872. The van der Waals surface area contributed by atoms with E-state index in [1.54, 1.807) is 0 Å². The van der Waals surface area contributed by atoms with Crippen LogP contribution < -0.4 is 5.73 Å². The highest BCUT2D eigenvalue weighted by molar-refractivity contribution is 6.12. The second kappa shape index (κ2) is 7.03. The Kier molecular flexibility index (Phi) is 6.45. The van der Waals surface area contributed by atoms with Crippen LogP contribution in [0.4, 0.5) is 0 Å². The first kappa shape index (κ1) is 15.6. The van der Waals surface area contributed by atoms with Gasteiger partial charge in [0.1, 0.15) is 6.04 Å². The predicted molar refractivity (Wildman–Crippen MR) is 62.6 cm³/mol. The van der Waals surface area contributed by atoms with Crippen molar-refractivity contribution in [2.45, 2.75) is 25.3 Å². The van der Waals surface area contributed by atoms with Gasteiger partial charge in [-0.2, -0.15) is 0 Å². The molecule has 2 amide bonds. The molecule has 0 saturated heterocycles. The zero-order valence-electron chi connectivity index (χ0n) is 9.17. The van der Waals surface area contributed by atoms with Gasteiger partial charge in [0.25, 0.3) is 11.8 Å². The number of hydrogen-bond donors (Lipinski definition) is 2. The Balaban J connectivity index is 0.00000256. The van der Waals surface area contributed by atoms with Gasteiger partial charge in [-0.05, 0) is 19.3 Å². The Morgan fingerprint density at radius 3 is 2.29 bits per heavy atom. The van der Waals surface area contributed by atoms with Crippen molar-refractivity contribution >= 4 is 30.2 Å². The number of aliphatic carboxylic acids is 1. The third-order valence-corrected chi connectivity index (χ3v) is 2.36. The molecule has 0 radical (unpaired) electrons. The van der Waals surface area contributed by atoms with E-state index in [-0.39, 0.29) is 24.2 Å². The predicted octanol–water partition coefficient (Wildman–Crippen LogP) is -0.0846. The van der Waals surface area contributed by atoms with Gasteiger partial charge in [0.15, 0.2) is 0 Å². The molecule has 0 aliphatic carbocycles. The first-order valence-electron chi connectivity index (χ1n) is 5.04. The molecule has 6 nitrogen and oxygen atoms in total. The number of hydrogen-bond acceptors (Lipinski definition) is 4. The number of carboxylic acids is 1. The highest BCUT2D eigenvalue weighted by Gasteiger charge is 2.22. The lowest BCUT2D eigenvalue weighted by Gasteiger charge is -2.13. The molecule has 1 aliphatic rings. The number of imide groups is 1. The van der Waals surface area contributed by atoms with Crippen LogP contribution in [-0.2, 0) is 14.4 Å². The zero-order chi connectivity index (χ0) is 12.1. The number of unbranched alkanes of at least 4 members (excludes halogenated alkanes) is 1. The Bertz CT molecular complexity index is 325. The van der Waals surface area contributed by atoms with E-state index < -0.39 is 12.0 Å². The third-order valence-electron chi connectivity index (χ3n) is 2.36. The molecule has 1 heterocycles. The molecule has 0 saturated carbocycles. The minimum atomic E-state index is -1.03. The maximum Gasteiger partial charge on any atom is 0.320 e. The van der Waals surface area contributed by atoms with Gasteiger partial charge >= 0.3 is 5.97 Å². The van der Waals surface area contributed by atoms with E-state index in [0.717, 1.165) is 4.90 Å². The summed E-state index contributed by atoms with van der Waals surface area (Å²) in [4.78, 5) is 33.8. The molecule has 1 aliphatic heterocycles. The van der Waals surface area contributed by atoms with E-state index in [9.17, 15) is 14.4 Å². The molecule has 0 aromatic heterocycles. The van der Waals surface area contributed by atoms with Crippen LogP contribution in [0.15, 0.2) is 12.2 Å². The summed E-state index contributed by atoms with van der Waals surface area (Å²) in [7, 11) is 0. The molecule has 1 rings (SSSR count). The van der Waals surface area contributed by atoms with Crippen molar-refractivity contribution in [1.82, 2.24) is 4.90 Å². The SMILES string of the molecule is Cl.NC(CCCCN1C(=O)C=CC1=O)C(=O)O. The van der Waals surface area contributed by atoms with Crippen molar-refractivity contribution in [3.63, 3.8) is 0 Å². The quantitative estimate of drug-likeness (QED) is 0.515. The van der Waals surface area contributed by atoms with Gasteiger partial charge in [0.2, 0.25) is 0 Å². The Hall–Kier alpha value is -1.40. The van der Waals surface area contributed by atoms with Crippen LogP contribution in [0.25, 0.3) is 0 Å². The molecular formula is C10H15ClN2O4. The lowest BCUT2D eigenvalue weighted by atomic mass is 10.1. The van der Waals surface area contributed by atoms with Crippen molar-refractivity contribution in [2.75, 3.05) is 6.54 Å². The summed E-state index contributed by atoms with van der Waals surface area (Å²) in [5.74, 6) is -1.66. The van der Waals surface area contributed by atoms with Gasteiger partial charge in [-0.3, -0.25) is 19.3 Å². The van der Waals surface area contributed by atoms with E-state index >= 15 is 0 Å². The summed E-state index contributed by atoms with van der Waals surface area (Å²) in [6.45, 7) is 0.316. The first-order valence-corrected chi connectivity index (χ1v) is 5.04. The fourth-order valence-corrected chi connectivity index (χ4v) is 1.41. The monoisotopic (exact) mass is 262 g/mol. The van der Waals surface area contributed by atoms with Crippen LogP contribution in [0, 0.1) is 0 Å². The third kappa shape index (κ3) is 4.54. The topological polar surface area (TPSA) is 101 Å². The van der Waals surface area contributed by atoms with Gasteiger partial charge in [-0.15, -0.1) is 12.4 Å². The van der Waals surface area contributed by atoms with Crippen LogP contribution in [0.3, 0.4) is 0 Å². The van der Waals surface area contributed by atoms with E-state index in [1.807, 2.05) is 0 Å². The maximum atomic E-state index is 11.1. The minimum absolute atomic E-state index is 0. The minimum Gasteiger partial charge on any atom is -0.480 e. The van der Waals surface area contributed by atoms with Crippen molar-refractivity contribution < 1.29 is 19.5 Å². The molecule has 0 spiro atoms. The number of halogens is 1. The van der Waals surface area contributed by atoms with Gasteiger partial charge in [-0.25, -0.2) is 0 Å². The maximum absolute atomic E-state index is 11.1. The second-order valence-electron chi connectivity index (χ2n) is 3.60. The number of carboxylic acid groups (broad SMARTS) is 1. The molecule has 17 heavy (non-hydrogen) atoms. The number of carbonyl (C=O) groups excluding carboxylic acids is 2. The lowest BCUT2D eigenvalue weighted by Crippen LogP contribution is -2.32. The number of rotatable bonds is 6. The highest BCUT2D eigenvalue weighted by Crippen LogP contribution is 2.07. The molecule has 0 fully saturated rings. The van der Waals surface area contributed by atoms with Crippen molar-refractivity contribution in [3.8, 4) is 0 Å². The van der Waals surface area contributed by atoms with Crippen molar-refractivity contribution in [3.05, 3.63) is 12.2 Å². The number of nitrogens with zero attached hydrogens (tertiary/aromatic N) is 1. The number of amides is 2. The highest BCUT2D eigenvalue weighted by atomic mass is 35.5. The van der Waals surface area contributed by atoms with Crippen LogP contribution in [0.5, 0.6) is 0 Å². The lowest BCUT2D eigenvalue weighted by molar-refractivity contribution is -0.139. The molecular weight excluding hydrogens is 248 g/mol. The largest absolute Gasteiger partial charge is 0.480 e. The second-order valence-corrected chi connectivity index (χ2v) is 3.60. The fourth-order valence-electron chi connectivity index (χ4n) is 1.41. The van der Waals surface area contributed by atoms with Crippen LogP contribution in [0.1, 0.15) is 19.3 Å². The van der Waals surface area contributed by atoms with Gasteiger partial charge in [-0.1, -0.05) is 0 Å². The molecule has 1 atom stereocenters. The molecule has 0 aromatic rings. The van der Waals surface area contributed by atoms with Crippen LogP contribution in [0.2, 0.25) is 0 Å². The summed E-state index contributed by atoms with van der Waals surface area (Å²) in [6.07, 6.45) is 3.94. The fraction of sp³-hybridized carbons (Fsp3) is 0.500. The molecule has 0 bridgehead atoms. The number of nitrogens with two attached hydrogens (primary N) is 1. The average molecular weight is 263 g/mol. The molecule has 0 aromatic carbocycles. The molecule has 1 unspecified atom stereocenters. The Morgan fingerprint density at radius 2 is 1.82 bits per heavy atom. The Labute approximate surface area is 105 Å². The molecule has 3 N–H and O–H groups in total. The smallest absolute Gasteiger partial charge is 0.320 e. The van der Waals surface area contributed by atoms with E-state index in [0.29, 0.717) is 25.8 Å². The Morgan fingerprint density at radius 1 is 1.29 bits per heavy atom. The first-order chi connectivity index (χ1) is 7.52. The molecule has 7 heteroatoms. The van der Waals surface area contributed by atoms with Crippen LogP contribution in [-0.4, -0.2) is 40.4 Å². The van der Waals surface area contributed by atoms with Gasteiger partial charge in [0, 0.05) is 18.7 Å². The van der Waals surface area contributed by atoms with Crippen LogP contribution >= 0.6 is 12.4 Å². The number of carbonyl (C=O) groups is 3. The molecule has 96 valence electrons. The normalized spacial score (nSPS) is 15.9. The summed E-state index contributed by atoms with van der Waals surface area (Å²) in [5, 5.41) is 8.52. The van der Waals surface area contributed by atoms with E-state index in [1.165, 1.54) is 12.2 Å². The van der Waals surface area contributed by atoms with Crippen molar-refractivity contribution in [2.24, 2.45) is 5.73 Å². The van der Waals surface area contributed by atoms with E-state index in [4.69, 9.17) is 10.8 Å². The summed E-state index contributed by atoms with van der Waals surface area (Å²) in [5.41, 5.74) is 5.31. The van der Waals surface area contributed by atoms with E-state index in [2.05, 4.69) is 0 Å². The zero-order valence-corrected chi connectivity index (χ0v) is 9.98. The summed E-state index contributed by atoms with van der Waals surface area (Å²) < 4.78 is 0. The average Bonchev–Trinajstić information content (AvgIpc) is 2.54.